The quantitative estimate of drug-likeness (QED) is 0.527. The van der Waals surface area contributed by atoms with Gasteiger partial charge in [0.15, 0.2) is 6.61 Å². The summed E-state index contributed by atoms with van der Waals surface area (Å²) in [6.07, 6.45) is 4.58. The third kappa shape index (κ3) is 4.48. The molecule has 0 atom stereocenters. The molecule has 5 nitrogen and oxygen atoms in total. The van der Waals surface area contributed by atoms with Crippen LogP contribution < -0.4 is 4.74 Å². The van der Waals surface area contributed by atoms with Crippen molar-refractivity contribution in [2.45, 2.75) is 32.6 Å². The maximum atomic E-state index is 12.1. The van der Waals surface area contributed by atoms with Gasteiger partial charge in [-0.15, -0.1) is 0 Å². The number of carbonyl (C=O) groups excluding carboxylic acids is 1. The largest absolute Gasteiger partial charge is 0.484 e. The maximum Gasteiger partial charge on any atom is 0.260 e. The zero-order chi connectivity index (χ0) is 15.1. The number of hydrogen-bond donors (Lipinski definition) is 1. The lowest BCUT2D eigenvalue weighted by Crippen LogP contribution is -2.35. The number of amides is 1. The predicted molar refractivity (Wildman–Crippen MR) is 81.0 cm³/mol. The summed E-state index contributed by atoms with van der Waals surface area (Å²) in [6, 6.07) is 7.17. The number of carbonyl (C=O) groups is 1. The molecule has 1 aromatic carbocycles. The Kier molecular flexibility index (Phi) is 5.60. The van der Waals surface area contributed by atoms with Gasteiger partial charge in [0.2, 0.25) is 0 Å². The van der Waals surface area contributed by atoms with Crippen molar-refractivity contribution >= 4 is 11.6 Å². The second-order valence-corrected chi connectivity index (χ2v) is 5.29. The Morgan fingerprint density at radius 2 is 1.81 bits per heavy atom. The van der Waals surface area contributed by atoms with Gasteiger partial charge < -0.3 is 14.8 Å². The summed E-state index contributed by atoms with van der Waals surface area (Å²) < 4.78 is 5.54. The van der Waals surface area contributed by atoms with Crippen molar-refractivity contribution in [3.05, 3.63) is 29.8 Å². The first-order valence-electron chi connectivity index (χ1n) is 7.40. The smallest absolute Gasteiger partial charge is 0.260 e. The van der Waals surface area contributed by atoms with Crippen molar-refractivity contribution in [2.24, 2.45) is 5.16 Å². The second-order valence-electron chi connectivity index (χ2n) is 5.29. The Balaban J connectivity index is 1.86. The fourth-order valence-electron chi connectivity index (χ4n) is 2.41. The van der Waals surface area contributed by atoms with Crippen molar-refractivity contribution in [3.8, 4) is 5.75 Å². The summed E-state index contributed by atoms with van der Waals surface area (Å²) in [6.45, 7) is 3.48. The van der Waals surface area contributed by atoms with E-state index < -0.39 is 0 Å². The van der Waals surface area contributed by atoms with E-state index in [1.54, 1.807) is 31.2 Å². The first kappa shape index (κ1) is 15.4. The van der Waals surface area contributed by atoms with E-state index in [1.807, 2.05) is 4.90 Å². The van der Waals surface area contributed by atoms with Gasteiger partial charge in [0.1, 0.15) is 5.75 Å². The highest BCUT2D eigenvalue weighted by Crippen LogP contribution is 2.14. The number of oxime groups is 1. The minimum Gasteiger partial charge on any atom is -0.484 e. The maximum absolute atomic E-state index is 12.1. The molecule has 2 rings (SSSR count). The zero-order valence-electron chi connectivity index (χ0n) is 12.4. The van der Waals surface area contributed by atoms with E-state index in [2.05, 4.69) is 5.16 Å². The number of nitrogens with zero attached hydrogens (tertiary/aromatic N) is 2. The van der Waals surface area contributed by atoms with Crippen LogP contribution >= 0.6 is 0 Å². The van der Waals surface area contributed by atoms with Crippen LogP contribution in [0.15, 0.2) is 29.4 Å². The highest BCUT2D eigenvalue weighted by atomic mass is 16.5. The lowest BCUT2D eigenvalue weighted by atomic mass is 10.1. The van der Waals surface area contributed by atoms with E-state index in [-0.39, 0.29) is 12.5 Å². The zero-order valence-corrected chi connectivity index (χ0v) is 12.4. The first-order valence-corrected chi connectivity index (χ1v) is 7.40. The predicted octanol–water partition coefficient (Wildman–Crippen LogP) is 2.67. The van der Waals surface area contributed by atoms with E-state index >= 15 is 0 Å². The molecule has 1 aromatic rings. The number of rotatable bonds is 4. The third-order valence-corrected chi connectivity index (χ3v) is 3.74. The Morgan fingerprint density at radius 1 is 1.19 bits per heavy atom. The fraction of sp³-hybridized carbons (Fsp3) is 0.500. The van der Waals surface area contributed by atoms with E-state index in [4.69, 9.17) is 9.94 Å². The van der Waals surface area contributed by atoms with Crippen LogP contribution in [0, 0.1) is 0 Å². The van der Waals surface area contributed by atoms with Crippen molar-refractivity contribution < 1.29 is 14.7 Å². The molecule has 0 spiro atoms. The van der Waals surface area contributed by atoms with Crippen LogP contribution in [0.2, 0.25) is 0 Å². The molecule has 0 aromatic heterocycles. The molecule has 0 saturated carbocycles. The Labute approximate surface area is 125 Å². The van der Waals surface area contributed by atoms with Gasteiger partial charge in [-0.25, -0.2) is 0 Å². The van der Waals surface area contributed by atoms with E-state index in [9.17, 15) is 4.79 Å². The summed E-state index contributed by atoms with van der Waals surface area (Å²) >= 11 is 0. The molecule has 1 fully saturated rings. The minimum atomic E-state index is 0.0501. The van der Waals surface area contributed by atoms with E-state index in [0.717, 1.165) is 31.5 Å². The molecule has 21 heavy (non-hydrogen) atoms. The van der Waals surface area contributed by atoms with E-state index in [1.165, 1.54) is 12.8 Å². The van der Waals surface area contributed by atoms with Crippen molar-refractivity contribution in [3.63, 3.8) is 0 Å². The Morgan fingerprint density at radius 3 is 2.38 bits per heavy atom. The van der Waals surface area contributed by atoms with Crippen LogP contribution in [0.5, 0.6) is 5.75 Å². The molecule has 1 aliphatic heterocycles. The molecule has 1 amide bonds. The van der Waals surface area contributed by atoms with E-state index in [0.29, 0.717) is 11.5 Å². The number of likely N-dealkylation sites (tertiary alicyclic amines) is 1. The molecule has 1 aliphatic rings. The lowest BCUT2D eigenvalue weighted by molar-refractivity contribution is -0.133. The summed E-state index contributed by atoms with van der Waals surface area (Å²) in [5.74, 6) is 0.696. The van der Waals surface area contributed by atoms with Gasteiger partial charge in [-0.2, -0.15) is 0 Å². The number of hydrogen-bond acceptors (Lipinski definition) is 4. The first-order chi connectivity index (χ1) is 10.2. The van der Waals surface area contributed by atoms with Gasteiger partial charge in [-0.1, -0.05) is 18.0 Å². The average molecular weight is 290 g/mol. The highest BCUT2D eigenvalue weighted by Gasteiger charge is 2.15. The molecule has 1 saturated heterocycles. The molecular weight excluding hydrogens is 268 g/mol. The number of benzene rings is 1. The number of ether oxygens (including phenoxy) is 1. The van der Waals surface area contributed by atoms with Crippen LogP contribution in [-0.2, 0) is 4.79 Å². The van der Waals surface area contributed by atoms with Crippen molar-refractivity contribution in [1.82, 2.24) is 4.90 Å². The summed E-state index contributed by atoms with van der Waals surface area (Å²) in [5.41, 5.74) is 1.37. The molecule has 114 valence electrons. The molecular formula is C16H22N2O3. The SMILES string of the molecule is C/C(=N/O)c1ccc(OCC(=O)N2CCCCCC2)cc1. The van der Waals surface area contributed by atoms with Gasteiger partial charge in [-0.05, 0) is 49.6 Å². The summed E-state index contributed by atoms with van der Waals surface area (Å²) in [7, 11) is 0. The molecule has 0 bridgehead atoms. The van der Waals surface area contributed by atoms with Crippen LogP contribution in [0.4, 0.5) is 0 Å². The molecule has 0 radical (unpaired) electrons. The van der Waals surface area contributed by atoms with Crippen LogP contribution in [0.25, 0.3) is 0 Å². The average Bonchev–Trinajstić information content (AvgIpc) is 2.81. The van der Waals surface area contributed by atoms with Crippen LogP contribution in [-0.4, -0.2) is 41.4 Å². The summed E-state index contributed by atoms with van der Waals surface area (Å²) in [5, 5.41) is 11.9. The van der Waals surface area contributed by atoms with Gasteiger partial charge in [0.05, 0.1) is 5.71 Å². The second kappa shape index (κ2) is 7.67. The minimum absolute atomic E-state index is 0.0501. The Hall–Kier alpha value is -2.04. The summed E-state index contributed by atoms with van der Waals surface area (Å²) in [4.78, 5) is 14.0. The Bertz CT molecular complexity index is 489. The molecule has 0 unspecified atom stereocenters. The van der Waals surface area contributed by atoms with Gasteiger partial charge in [-0.3, -0.25) is 4.79 Å². The topological polar surface area (TPSA) is 62.1 Å². The monoisotopic (exact) mass is 290 g/mol. The molecule has 1 heterocycles. The van der Waals surface area contributed by atoms with Gasteiger partial charge in [0.25, 0.3) is 5.91 Å². The van der Waals surface area contributed by atoms with Gasteiger partial charge >= 0.3 is 0 Å². The third-order valence-electron chi connectivity index (χ3n) is 3.74. The van der Waals surface area contributed by atoms with Gasteiger partial charge in [0, 0.05) is 13.1 Å². The molecule has 1 N–H and O–H groups in total. The highest BCUT2D eigenvalue weighted by molar-refractivity contribution is 5.98. The normalized spacial score (nSPS) is 16.4. The van der Waals surface area contributed by atoms with Crippen molar-refractivity contribution in [1.29, 1.82) is 0 Å². The standard InChI is InChI=1S/C16H22N2O3/c1-13(17-20)14-6-8-15(9-7-14)21-12-16(19)18-10-4-2-3-5-11-18/h6-9,20H,2-5,10-12H2,1H3/b17-13-. The van der Waals surface area contributed by atoms with Crippen LogP contribution in [0.3, 0.4) is 0 Å². The van der Waals surface area contributed by atoms with Crippen LogP contribution in [0.1, 0.15) is 38.2 Å². The fourth-order valence-corrected chi connectivity index (χ4v) is 2.41. The lowest BCUT2D eigenvalue weighted by Gasteiger charge is -2.20. The van der Waals surface area contributed by atoms with Crippen molar-refractivity contribution in [2.75, 3.05) is 19.7 Å². The molecule has 0 aliphatic carbocycles. The molecule has 5 heteroatoms.